The van der Waals surface area contributed by atoms with E-state index < -0.39 is 0 Å². The number of hydrogen-bond donors (Lipinski definition) is 1. The Kier molecular flexibility index (Phi) is 7.62. The highest BCUT2D eigenvalue weighted by Gasteiger charge is 2.10. The fraction of sp³-hybridized carbons (Fsp3) is 0.533. The maximum absolute atomic E-state index is 12.1. The van der Waals surface area contributed by atoms with Gasteiger partial charge < -0.3 is 15.0 Å². The van der Waals surface area contributed by atoms with E-state index in [0.29, 0.717) is 17.9 Å². The number of carbonyl (C=O) groups excluding carboxylic acids is 1. The SMILES string of the molecule is CCN(CC)CCCNC(=O)c1cc(OC)ccc1Br. The van der Waals surface area contributed by atoms with E-state index in [4.69, 9.17) is 4.74 Å². The van der Waals surface area contributed by atoms with Crippen LogP contribution < -0.4 is 10.1 Å². The molecule has 0 aliphatic rings. The number of carbonyl (C=O) groups is 1. The van der Waals surface area contributed by atoms with Gasteiger partial charge in [-0.25, -0.2) is 0 Å². The second-order valence-corrected chi connectivity index (χ2v) is 5.34. The molecule has 0 aromatic heterocycles. The molecular weight excluding hydrogens is 320 g/mol. The van der Waals surface area contributed by atoms with E-state index in [2.05, 4.69) is 40.0 Å². The molecule has 20 heavy (non-hydrogen) atoms. The Bertz CT molecular complexity index is 434. The molecule has 0 atom stereocenters. The van der Waals surface area contributed by atoms with Crippen LogP contribution in [0, 0.1) is 0 Å². The highest BCUT2D eigenvalue weighted by molar-refractivity contribution is 9.10. The molecule has 1 aromatic rings. The van der Waals surface area contributed by atoms with Crippen LogP contribution in [0.2, 0.25) is 0 Å². The topological polar surface area (TPSA) is 41.6 Å². The summed E-state index contributed by atoms with van der Waals surface area (Å²) in [7, 11) is 1.59. The quantitative estimate of drug-likeness (QED) is 0.738. The van der Waals surface area contributed by atoms with Crippen molar-refractivity contribution in [3.05, 3.63) is 28.2 Å². The van der Waals surface area contributed by atoms with E-state index in [-0.39, 0.29) is 5.91 Å². The number of benzene rings is 1. The van der Waals surface area contributed by atoms with Gasteiger partial charge >= 0.3 is 0 Å². The van der Waals surface area contributed by atoms with E-state index in [9.17, 15) is 4.79 Å². The fourth-order valence-corrected chi connectivity index (χ4v) is 2.37. The van der Waals surface area contributed by atoms with Crippen LogP contribution in [0.25, 0.3) is 0 Å². The van der Waals surface area contributed by atoms with Crippen LogP contribution in [0.15, 0.2) is 22.7 Å². The third-order valence-corrected chi connectivity index (χ3v) is 3.94. The van der Waals surface area contributed by atoms with E-state index in [1.807, 2.05) is 12.1 Å². The molecule has 1 N–H and O–H groups in total. The first-order valence-corrected chi connectivity index (χ1v) is 7.75. The molecule has 1 aromatic carbocycles. The molecule has 0 fully saturated rings. The van der Waals surface area contributed by atoms with Gasteiger partial charge in [-0.2, -0.15) is 0 Å². The number of nitrogens with one attached hydrogen (secondary N) is 1. The Morgan fingerprint density at radius 1 is 1.35 bits per heavy atom. The monoisotopic (exact) mass is 342 g/mol. The van der Waals surface area contributed by atoms with Gasteiger partial charge in [0.05, 0.1) is 12.7 Å². The van der Waals surface area contributed by atoms with Crippen LogP contribution in [-0.2, 0) is 0 Å². The molecule has 0 radical (unpaired) electrons. The summed E-state index contributed by atoms with van der Waals surface area (Å²) in [6, 6.07) is 5.38. The lowest BCUT2D eigenvalue weighted by Crippen LogP contribution is -2.30. The molecular formula is C15H23BrN2O2. The number of hydrogen-bond acceptors (Lipinski definition) is 3. The second-order valence-electron chi connectivity index (χ2n) is 4.48. The van der Waals surface area contributed by atoms with Gasteiger partial charge in [-0.05, 0) is 60.2 Å². The number of rotatable bonds is 8. The maximum atomic E-state index is 12.1. The fourth-order valence-electron chi connectivity index (χ4n) is 1.95. The first-order chi connectivity index (χ1) is 9.62. The van der Waals surface area contributed by atoms with E-state index >= 15 is 0 Å². The smallest absolute Gasteiger partial charge is 0.252 e. The minimum atomic E-state index is -0.0738. The zero-order valence-corrected chi connectivity index (χ0v) is 14.0. The molecule has 0 spiro atoms. The summed E-state index contributed by atoms with van der Waals surface area (Å²) >= 11 is 3.39. The lowest BCUT2D eigenvalue weighted by Gasteiger charge is -2.17. The van der Waals surface area contributed by atoms with Crippen LogP contribution in [0.3, 0.4) is 0 Å². The third kappa shape index (κ3) is 5.13. The van der Waals surface area contributed by atoms with Crippen molar-refractivity contribution in [2.45, 2.75) is 20.3 Å². The van der Waals surface area contributed by atoms with Crippen LogP contribution in [-0.4, -0.2) is 44.1 Å². The predicted octanol–water partition coefficient (Wildman–Crippen LogP) is 2.92. The van der Waals surface area contributed by atoms with Gasteiger partial charge in [0, 0.05) is 11.0 Å². The van der Waals surface area contributed by atoms with Gasteiger partial charge in [0.15, 0.2) is 0 Å². The van der Waals surface area contributed by atoms with E-state index in [0.717, 1.165) is 30.5 Å². The second kappa shape index (κ2) is 8.97. The molecule has 0 heterocycles. The van der Waals surface area contributed by atoms with E-state index in [1.54, 1.807) is 13.2 Å². The van der Waals surface area contributed by atoms with Gasteiger partial charge in [0.25, 0.3) is 5.91 Å². The molecule has 0 aliphatic heterocycles. The number of amides is 1. The van der Waals surface area contributed by atoms with Crippen molar-refractivity contribution in [3.63, 3.8) is 0 Å². The van der Waals surface area contributed by atoms with E-state index in [1.165, 1.54) is 0 Å². The van der Waals surface area contributed by atoms with Crippen molar-refractivity contribution in [3.8, 4) is 5.75 Å². The lowest BCUT2D eigenvalue weighted by molar-refractivity contribution is 0.0950. The van der Waals surface area contributed by atoms with Gasteiger partial charge in [-0.3, -0.25) is 4.79 Å². The van der Waals surface area contributed by atoms with Gasteiger partial charge in [-0.1, -0.05) is 13.8 Å². The molecule has 0 bridgehead atoms. The minimum Gasteiger partial charge on any atom is -0.497 e. The summed E-state index contributed by atoms with van der Waals surface area (Å²) in [6.45, 7) is 8.08. The Morgan fingerprint density at radius 3 is 2.65 bits per heavy atom. The molecule has 4 nitrogen and oxygen atoms in total. The predicted molar refractivity (Wildman–Crippen MR) is 85.4 cm³/mol. The summed E-state index contributed by atoms with van der Waals surface area (Å²) in [5.41, 5.74) is 0.604. The Hall–Kier alpha value is -1.07. The molecule has 0 unspecified atom stereocenters. The summed E-state index contributed by atoms with van der Waals surface area (Å²) in [5, 5.41) is 2.94. The summed E-state index contributed by atoms with van der Waals surface area (Å²) in [6.07, 6.45) is 0.953. The van der Waals surface area contributed by atoms with Crippen molar-refractivity contribution in [2.75, 3.05) is 33.3 Å². The first-order valence-electron chi connectivity index (χ1n) is 6.96. The number of ether oxygens (including phenoxy) is 1. The van der Waals surface area contributed by atoms with Gasteiger partial charge in [0.1, 0.15) is 5.75 Å². The molecule has 1 amide bonds. The average Bonchev–Trinajstić information content (AvgIpc) is 2.47. The maximum Gasteiger partial charge on any atom is 0.252 e. The number of nitrogens with zero attached hydrogens (tertiary/aromatic N) is 1. The van der Waals surface area contributed by atoms with Crippen molar-refractivity contribution >= 4 is 21.8 Å². The molecule has 5 heteroatoms. The molecule has 112 valence electrons. The summed E-state index contributed by atoms with van der Waals surface area (Å²) in [4.78, 5) is 14.4. The zero-order chi connectivity index (χ0) is 15.0. The van der Waals surface area contributed by atoms with Crippen molar-refractivity contribution < 1.29 is 9.53 Å². The first kappa shape index (κ1) is 17.0. The summed E-state index contributed by atoms with van der Waals surface area (Å²) in [5.74, 6) is 0.608. The number of methoxy groups -OCH3 is 1. The molecule has 1 rings (SSSR count). The Morgan fingerprint density at radius 2 is 2.05 bits per heavy atom. The van der Waals surface area contributed by atoms with Crippen LogP contribution in [0.1, 0.15) is 30.6 Å². The molecule has 0 aliphatic carbocycles. The molecule has 0 saturated carbocycles. The van der Waals surface area contributed by atoms with Gasteiger partial charge in [0.2, 0.25) is 0 Å². The van der Waals surface area contributed by atoms with Gasteiger partial charge in [-0.15, -0.1) is 0 Å². The van der Waals surface area contributed by atoms with Crippen LogP contribution in [0.4, 0.5) is 0 Å². The lowest BCUT2D eigenvalue weighted by atomic mass is 10.2. The number of halogens is 1. The average molecular weight is 343 g/mol. The van der Waals surface area contributed by atoms with Crippen molar-refractivity contribution in [2.24, 2.45) is 0 Å². The highest BCUT2D eigenvalue weighted by Crippen LogP contribution is 2.22. The normalized spacial score (nSPS) is 10.7. The van der Waals surface area contributed by atoms with Crippen molar-refractivity contribution in [1.29, 1.82) is 0 Å². The van der Waals surface area contributed by atoms with Crippen LogP contribution >= 0.6 is 15.9 Å². The largest absolute Gasteiger partial charge is 0.497 e. The zero-order valence-electron chi connectivity index (χ0n) is 12.4. The van der Waals surface area contributed by atoms with Crippen LogP contribution in [0.5, 0.6) is 5.75 Å². The Balaban J connectivity index is 2.47. The third-order valence-electron chi connectivity index (χ3n) is 3.25. The minimum absolute atomic E-state index is 0.0738. The Labute approximate surface area is 129 Å². The van der Waals surface area contributed by atoms with Crippen molar-refractivity contribution in [1.82, 2.24) is 10.2 Å². The molecule has 0 saturated heterocycles. The summed E-state index contributed by atoms with van der Waals surface area (Å²) < 4.78 is 5.92. The highest BCUT2D eigenvalue weighted by atomic mass is 79.9. The standard InChI is InChI=1S/C15H23BrN2O2/c1-4-18(5-2)10-6-9-17-15(19)13-11-12(20-3)7-8-14(13)16/h7-8,11H,4-6,9-10H2,1-3H3,(H,17,19).